The van der Waals surface area contributed by atoms with Crippen LogP contribution in [0.2, 0.25) is 5.02 Å². The summed E-state index contributed by atoms with van der Waals surface area (Å²) < 4.78 is 5.56. The van der Waals surface area contributed by atoms with Gasteiger partial charge in [-0.1, -0.05) is 37.1 Å². The summed E-state index contributed by atoms with van der Waals surface area (Å²) in [5.41, 5.74) is 5.61. The molecule has 1 amide bonds. The van der Waals surface area contributed by atoms with Crippen molar-refractivity contribution in [2.24, 2.45) is 11.7 Å². The molecule has 2 N–H and O–H groups in total. The monoisotopic (exact) mass is 298 g/mol. The summed E-state index contributed by atoms with van der Waals surface area (Å²) in [5.74, 6) is 1.00. The van der Waals surface area contributed by atoms with E-state index in [1.54, 1.807) is 18.0 Å². The van der Waals surface area contributed by atoms with Gasteiger partial charge in [-0.2, -0.15) is 0 Å². The minimum Gasteiger partial charge on any atom is -0.490 e. The lowest BCUT2D eigenvalue weighted by Gasteiger charge is -2.20. The summed E-state index contributed by atoms with van der Waals surface area (Å²) in [6.07, 6.45) is 1.42. The smallest absolute Gasteiger partial charge is 0.222 e. The van der Waals surface area contributed by atoms with Gasteiger partial charge in [0.15, 0.2) is 0 Å². The Bertz CT molecular complexity index is 422. The molecule has 0 heterocycles. The third-order valence-corrected chi connectivity index (χ3v) is 3.63. The number of hydrogen-bond donors (Lipinski definition) is 1. The Hall–Kier alpha value is -1.26. The molecule has 0 saturated carbocycles. The number of benzene rings is 1. The maximum atomic E-state index is 12.0. The molecule has 1 aromatic carbocycles. The Kier molecular flexibility index (Phi) is 7.41. The molecule has 0 radical (unpaired) electrons. The van der Waals surface area contributed by atoms with Gasteiger partial charge in [-0.05, 0) is 24.6 Å². The van der Waals surface area contributed by atoms with E-state index in [9.17, 15) is 4.79 Å². The number of para-hydroxylation sites is 1. The molecule has 0 fully saturated rings. The molecule has 20 heavy (non-hydrogen) atoms. The number of likely N-dealkylation sites (N-methyl/N-ethyl adjacent to an activating group) is 1. The first-order valence-electron chi connectivity index (χ1n) is 6.89. The van der Waals surface area contributed by atoms with Crippen LogP contribution in [0.25, 0.3) is 0 Å². The molecule has 1 unspecified atom stereocenters. The van der Waals surface area contributed by atoms with Crippen molar-refractivity contribution < 1.29 is 9.53 Å². The lowest BCUT2D eigenvalue weighted by molar-refractivity contribution is -0.131. The molecule has 0 bridgehead atoms. The van der Waals surface area contributed by atoms with Crippen LogP contribution in [-0.2, 0) is 4.79 Å². The normalized spacial score (nSPS) is 12.0. The third kappa shape index (κ3) is 5.39. The molecule has 1 atom stereocenters. The molecule has 1 rings (SSSR count). The van der Waals surface area contributed by atoms with Crippen LogP contribution in [-0.4, -0.2) is 37.6 Å². The highest BCUT2D eigenvalue weighted by atomic mass is 35.5. The third-order valence-electron chi connectivity index (χ3n) is 3.32. The molecule has 0 aliphatic rings. The minimum absolute atomic E-state index is 0.102. The van der Waals surface area contributed by atoms with Crippen LogP contribution in [0.1, 0.15) is 19.8 Å². The van der Waals surface area contributed by atoms with Crippen molar-refractivity contribution in [1.29, 1.82) is 0 Å². The van der Waals surface area contributed by atoms with E-state index >= 15 is 0 Å². The molecule has 0 aliphatic carbocycles. The lowest BCUT2D eigenvalue weighted by atomic mass is 10.0. The summed E-state index contributed by atoms with van der Waals surface area (Å²) in [6, 6.07) is 7.30. The van der Waals surface area contributed by atoms with Gasteiger partial charge in [0.2, 0.25) is 5.91 Å². The maximum absolute atomic E-state index is 12.0. The van der Waals surface area contributed by atoms with E-state index in [2.05, 4.69) is 0 Å². The molecular formula is C15H23ClN2O2. The van der Waals surface area contributed by atoms with Gasteiger partial charge in [0, 0.05) is 13.5 Å². The Balaban J connectivity index is 2.34. The minimum atomic E-state index is 0.102. The van der Waals surface area contributed by atoms with Crippen LogP contribution in [0.4, 0.5) is 0 Å². The zero-order valence-electron chi connectivity index (χ0n) is 12.1. The Morgan fingerprint density at radius 2 is 2.15 bits per heavy atom. The quantitative estimate of drug-likeness (QED) is 0.802. The van der Waals surface area contributed by atoms with Crippen molar-refractivity contribution in [2.45, 2.75) is 19.8 Å². The number of amides is 1. The van der Waals surface area contributed by atoms with Crippen molar-refractivity contribution in [3.05, 3.63) is 29.3 Å². The van der Waals surface area contributed by atoms with Gasteiger partial charge in [0.25, 0.3) is 0 Å². The van der Waals surface area contributed by atoms with Crippen LogP contribution in [0.15, 0.2) is 24.3 Å². The summed E-state index contributed by atoms with van der Waals surface area (Å²) in [4.78, 5) is 13.6. The second-order valence-corrected chi connectivity index (χ2v) is 5.22. The largest absolute Gasteiger partial charge is 0.490 e. The Morgan fingerprint density at radius 1 is 1.45 bits per heavy atom. The van der Waals surface area contributed by atoms with Crippen LogP contribution in [0.3, 0.4) is 0 Å². The van der Waals surface area contributed by atoms with Gasteiger partial charge in [-0.3, -0.25) is 4.79 Å². The predicted molar refractivity (Wildman–Crippen MR) is 82.0 cm³/mol. The fourth-order valence-corrected chi connectivity index (χ4v) is 1.97. The zero-order chi connectivity index (χ0) is 15.0. The highest BCUT2D eigenvalue weighted by molar-refractivity contribution is 6.32. The molecule has 5 heteroatoms. The van der Waals surface area contributed by atoms with E-state index in [0.717, 1.165) is 6.42 Å². The van der Waals surface area contributed by atoms with E-state index in [4.69, 9.17) is 22.1 Å². The van der Waals surface area contributed by atoms with Crippen molar-refractivity contribution in [2.75, 3.05) is 26.7 Å². The van der Waals surface area contributed by atoms with Crippen LogP contribution >= 0.6 is 11.6 Å². The second-order valence-electron chi connectivity index (χ2n) is 4.81. The van der Waals surface area contributed by atoms with Gasteiger partial charge < -0.3 is 15.4 Å². The SMILES string of the molecule is CCC(CN)CC(=O)N(C)CCOc1ccccc1Cl. The van der Waals surface area contributed by atoms with Gasteiger partial charge in [0.05, 0.1) is 11.6 Å². The van der Waals surface area contributed by atoms with E-state index < -0.39 is 0 Å². The van der Waals surface area contributed by atoms with Crippen molar-refractivity contribution in [3.8, 4) is 5.75 Å². The summed E-state index contributed by atoms with van der Waals surface area (Å²) in [7, 11) is 1.78. The summed E-state index contributed by atoms with van der Waals surface area (Å²) in [5, 5.41) is 0.579. The molecule has 0 aliphatic heterocycles. The average molecular weight is 299 g/mol. The topological polar surface area (TPSA) is 55.6 Å². The molecular weight excluding hydrogens is 276 g/mol. The number of halogens is 1. The van der Waals surface area contributed by atoms with Gasteiger partial charge in [-0.15, -0.1) is 0 Å². The first-order chi connectivity index (χ1) is 9.58. The van der Waals surface area contributed by atoms with Crippen LogP contribution < -0.4 is 10.5 Å². The number of hydrogen-bond acceptors (Lipinski definition) is 3. The van der Waals surface area contributed by atoms with Crippen molar-refractivity contribution in [1.82, 2.24) is 4.90 Å². The fourth-order valence-electron chi connectivity index (χ4n) is 1.78. The summed E-state index contributed by atoms with van der Waals surface area (Å²) >= 11 is 5.99. The van der Waals surface area contributed by atoms with Crippen molar-refractivity contribution in [3.63, 3.8) is 0 Å². The molecule has 112 valence electrons. The number of carbonyl (C=O) groups is 1. The van der Waals surface area contributed by atoms with E-state index in [0.29, 0.717) is 36.9 Å². The number of nitrogens with zero attached hydrogens (tertiary/aromatic N) is 1. The average Bonchev–Trinajstić information content (AvgIpc) is 2.46. The molecule has 0 saturated heterocycles. The Morgan fingerprint density at radius 3 is 2.75 bits per heavy atom. The first-order valence-corrected chi connectivity index (χ1v) is 7.27. The van der Waals surface area contributed by atoms with E-state index in [1.165, 1.54) is 0 Å². The van der Waals surface area contributed by atoms with Gasteiger partial charge >= 0.3 is 0 Å². The zero-order valence-corrected chi connectivity index (χ0v) is 12.9. The maximum Gasteiger partial charge on any atom is 0.222 e. The molecule has 4 nitrogen and oxygen atoms in total. The number of carbonyl (C=O) groups excluding carboxylic acids is 1. The van der Waals surface area contributed by atoms with Crippen LogP contribution in [0, 0.1) is 5.92 Å². The number of rotatable bonds is 8. The highest BCUT2D eigenvalue weighted by Crippen LogP contribution is 2.22. The molecule has 0 aromatic heterocycles. The molecule has 1 aromatic rings. The predicted octanol–water partition coefficient (Wildman–Crippen LogP) is 2.55. The fraction of sp³-hybridized carbons (Fsp3) is 0.533. The first kappa shape index (κ1) is 16.8. The Labute approximate surface area is 125 Å². The highest BCUT2D eigenvalue weighted by Gasteiger charge is 2.14. The lowest BCUT2D eigenvalue weighted by Crippen LogP contribution is -2.33. The van der Waals surface area contributed by atoms with Gasteiger partial charge in [0.1, 0.15) is 12.4 Å². The van der Waals surface area contributed by atoms with E-state index in [-0.39, 0.29) is 11.8 Å². The van der Waals surface area contributed by atoms with E-state index in [1.807, 2.05) is 25.1 Å². The van der Waals surface area contributed by atoms with Crippen molar-refractivity contribution >= 4 is 17.5 Å². The van der Waals surface area contributed by atoms with Crippen LogP contribution in [0.5, 0.6) is 5.75 Å². The summed E-state index contributed by atoms with van der Waals surface area (Å²) in [6.45, 7) is 3.55. The number of nitrogens with two attached hydrogens (primary N) is 1. The standard InChI is InChI=1S/C15H23ClN2O2/c1-3-12(11-17)10-15(19)18(2)8-9-20-14-7-5-4-6-13(14)16/h4-7,12H,3,8-11,17H2,1-2H3. The van der Waals surface area contributed by atoms with Gasteiger partial charge in [-0.25, -0.2) is 0 Å². The molecule has 0 spiro atoms. The second kappa shape index (κ2) is 8.82. The number of ether oxygens (including phenoxy) is 1.